The third-order valence-corrected chi connectivity index (χ3v) is 3.45. The number of rotatable bonds is 5. The zero-order valence-electron chi connectivity index (χ0n) is 10.7. The molecule has 0 fully saturated rings. The Labute approximate surface area is 113 Å². The molecule has 0 aromatic carbocycles. The molecule has 20 heavy (non-hydrogen) atoms. The topological polar surface area (TPSA) is 84.3 Å². The molecule has 0 aliphatic heterocycles. The molecule has 7 nitrogen and oxygen atoms in total. The fourth-order valence-electron chi connectivity index (χ4n) is 1.22. The van der Waals surface area contributed by atoms with Crippen LogP contribution in [0, 0.1) is 0 Å². The average molecular weight is 314 g/mol. The van der Waals surface area contributed by atoms with Gasteiger partial charge in [0.1, 0.15) is 6.54 Å². The van der Waals surface area contributed by atoms with Crippen molar-refractivity contribution in [2.75, 3.05) is 25.2 Å². The second-order valence-corrected chi connectivity index (χ2v) is 6.20. The molecule has 0 spiro atoms. The van der Waals surface area contributed by atoms with E-state index in [1.807, 2.05) is 0 Å². The van der Waals surface area contributed by atoms with Crippen molar-refractivity contribution in [3.8, 4) is 0 Å². The van der Waals surface area contributed by atoms with Crippen LogP contribution >= 0.6 is 0 Å². The molecule has 114 valence electrons. The normalized spacial score (nSPS) is 12.7. The van der Waals surface area contributed by atoms with Crippen molar-refractivity contribution in [3.05, 3.63) is 12.4 Å². The molecule has 11 heteroatoms. The summed E-state index contributed by atoms with van der Waals surface area (Å²) in [6.45, 7) is -1.71. The van der Waals surface area contributed by atoms with Gasteiger partial charge in [0.15, 0.2) is 0 Å². The van der Waals surface area contributed by atoms with Gasteiger partial charge in [-0.1, -0.05) is 0 Å². The first-order chi connectivity index (χ1) is 8.97. The highest BCUT2D eigenvalue weighted by atomic mass is 32.2. The molecule has 0 saturated heterocycles. The fraction of sp³-hybridized carbons (Fsp3) is 0.556. The molecule has 1 rings (SSSR count). The maximum Gasteiger partial charge on any atom is 0.408 e. The minimum Gasteiger partial charge on any atom is -0.322 e. The first-order valence-electron chi connectivity index (χ1n) is 5.28. The summed E-state index contributed by atoms with van der Waals surface area (Å²) in [5, 5.41) is 5.69. The molecule has 1 aromatic heterocycles. The highest BCUT2D eigenvalue weighted by molar-refractivity contribution is 7.88. The Morgan fingerprint density at radius 1 is 1.50 bits per heavy atom. The van der Waals surface area contributed by atoms with Crippen LogP contribution in [0.25, 0.3) is 0 Å². The van der Waals surface area contributed by atoms with Crippen molar-refractivity contribution < 1.29 is 26.4 Å². The maximum absolute atomic E-state index is 12.1. The number of nitrogens with zero attached hydrogens (tertiary/aromatic N) is 3. The Bertz CT molecular complexity index is 582. The number of hydrogen-bond acceptors (Lipinski definition) is 4. The second-order valence-electron chi connectivity index (χ2n) is 4.11. The van der Waals surface area contributed by atoms with Crippen LogP contribution in [0.15, 0.2) is 12.4 Å². The zero-order chi connectivity index (χ0) is 15.6. The predicted molar refractivity (Wildman–Crippen MR) is 64.4 cm³/mol. The summed E-state index contributed by atoms with van der Waals surface area (Å²) < 4.78 is 59.9. The van der Waals surface area contributed by atoms with E-state index in [9.17, 15) is 26.4 Å². The lowest BCUT2D eigenvalue weighted by atomic mass is 10.5. The van der Waals surface area contributed by atoms with Crippen molar-refractivity contribution >= 4 is 21.6 Å². The third kappa shape index (κ3) is 5.57. The monoisotopic (exact) mass is 314 g/mol. The summed E-state index contributed by atoms with van der Waals surface area (Å²) in [5.74, 6) is -0.676. The summed E-state index contributed by atoms with van der Waals surface area (Å²) in [6.07, 6.45) is -1.43. The van der Waals surface area contributed by atoms with Gasteiger partial charge in [0.25, 0.3) is 0 Å². The molecule has 0 aliphatic rings. The van der Waals surface area contributed by atoms with Crippen LogP contribution < -0.4 is 5.32 Å². The van der Waals surface area contributed by atoms with Crippen molar-refractivity contribution in [1.29, 1.82) is 0 Å². The first kappa shape index (κ1) is 16.4. The van der Waals surface area contributed by atoms with Gasteiger partial charge < -0.3 is 5.32 Å². The largest absolute Gasteiger partial charge is 0.408 e. The summed E-state index contributed by atoms with van der Waals surface area (Å²) >= 11 is 0. The molecule has 1 heterocycles. The lowest BCUT2D eigenvalue weighted by molar-refractivity contribution is -0.142. The highest BCUT2D eigenvalue weighted by Gasteiger charge is 2.28. The van der Waals surface area contributed by atoms with Crippen molar-refractivity contribution in [3.63, 3.8) is 0 Å². The molecule has 1 aromatic rings. The van der Waals surface area contributed by atoms with Crippen LogP contribution in [-0.2, 0) is 21.4 Å². The van der Waals surface area contributed by atoms with Gasteiger partial charge in [-0.25, -0.2) is 8.42 Å². The van der Waals surface area contributed by atoms with Crippen LogP contribution in [-0.4, -0.2) is 54.4 Å². The van der Waals surface area contributed by atoms with E-state index in [1.165, 1.54) is 7.05 Å². The zero-order valence-corrected chi connectivity index (χ0v) is 11.5. The third-order valence-electron chi connectivity index (χ3n) is 2.19. The Morgan fingerprint density at radius 3 is 2.60 bits per heavy atom. The first-order valence-corrected chi connectivity index (χ1v) is 7.12. The number of carbonyl (C=O) groups is 1. The van der Waals surface area contributed by atoms with E-state index >= 15 is 0 Å². The Morgan fingerprint density at radius 2 is 2.10 bits per heavy atom. The number of sulfonamides is 1. The van der Waals surface area contributed by atoms with Crippen LogP contribution in [0.3, 0.4) is 0 Å². The van der Waals surface area contributed by atoms with Gasteiger partial charge in [0, 0.05) is 13.2 Å². The Kier molecular flexibility index (Phi) is 4.76. The standard InChI is InChI=1S/C9H13F3N4O3S/c1-15(20(2,18)19)5-8(17)14-7-3-13-16(4-7)6-9(10,11)12/h3-4H,5-6H2,1-2H3,(H,14,17). The number of likely N-dealkylation sites (N-methyl/N-ethyl adjacent to an activating group) is 1. The van der Waals surface area contributed by atoms with Gasteiger partial charge in [0.2, 0.25) is 15.9 Å². The fourth-order valence-corrected chi connectivity index (χ4v) is 1.57. The number of halogens is 3. The smallest absolute Gasteiger partial charge is 0.322 e. The van der Waals surface area contributed by atoms with Crippen LogP contribution in [0.4, 0.5) is 18.9 Å². The lowest BCUT2D eigenvalue weighted by Crippen LogP contribution is -2.34. The molecule has 0 saturated carbocycles. The predicted octanol–water partition coefficient (Wildman–Crippen LogP) is 0.275. The summed E-state index contributed by atoms with van der Waals surface area (Å²) in [7, 11) is -2.30. The van der Waals surface area contributed by atoms with Gasteiger partial charge in [-0.15, -0.1) is 0 Å². The number of hydrogen-bond donors (Lipinski definition) is 1. The summed E-state index contributed by atoms with van der Waals surface area (Å²) in [6, 6.07) is 0. The number of anilines is 1. The minimum atomic E-state index is -4.41. The number of alkyl halides is 3. The molecule has 0 atom stereocenters. The number of aromatic nitrogens is 2. The van der Waals surface area contributed by atoms with Crippen LogP contribution in [0.2, 0.25) is 0 Å². The Hall–Kier alpha value is -1.62. The molecule has 0 unspecified atom stereocenters. The van der Waals surface area contributed by atoms with E-state index < -0.39 is 35.2 Å². The molecule has 0 aliphatic carbocycles. The molecular weight excluding hydrogens is 301 g/mol. The van der Waals surface area contributed by atoms with Crippen LogP contribution in [0.5, 0.6) is 0 Å². The second kappa shape index (κ2) is 5.79. The van der Waals surface area contributed by atoms with E-state index in [1.54, 1.807) is 0 Å². The number of carbonyl (C=O) groups excluding carboxylic acids is 1. The van der Waals surface area contributed by atoms with E-state index in [0.29, 0.717) is 4.68 Å². The van der Waals surface area contributed by atoms with Gasteiger partial charge >= 0.3 is 6.18 Å². The summed E-state index contributed by atoms with van der Waals surface area (Å²) in [5.41, 5.74) is 0.0566. The number of amides is 1. The highest BCUT2D eigenvalue weighted by Crippen LogP contribution is 2.18. The van der Waals surface area contributed by atoms with Crippen molar-refractivity contribution in [2.45, 2.75) is 12.7 Å². The quantitative estimate of drug-likeness (QED) is 0.846. The minimum absolute atomic E-state index is 0.0566. The van der Waals surface area contributed by atoms with Crippen LogP contribution in [0.1, 0.15) is 0 Å². The van der Waals surface area contributed by atoms with Gasteiger partial charge in [-0.05, 0) is 0 Å². The average Bonchev–Trinajstić information content (AvgIpc) is 2.60. The van der Waals surface area contributed by atoms with Crippen molar-refractivity contribution in [2.24, 2.45) is 0 Å². The maximum atomic E-state index is 12.1. The van der Waals surface area contributed by atoms with E-state index in [2.05, 4.69) is 10.4 Å². The van der Waals surface area contributed by atoms with E-state index in [4.69, 9.17) is 0 Å². The van der Waals surface area contributed by atoms with Crippen molar-refractivity contribution in [1.82, 2.24) is 14.1 Å². The van der Waals surface area contributed by atoms with Gasteiger partial charge in [-0.2, -0.15) is 22.6 Å². The number of nitrogens with one attached hydrogen (secondary N) is 1. The molecule has 1 N–H and O–H groups in total. The molecule has 1 amide bonds. The van der Waals surface area contributed by atoms with E-state index in [0.717, 1.165) is 23.0 Å². The molecule has 0 bridgehead atoms. The summed E-state index contributed by atoms with van der Waals surface area (Å²) in [4.78, 5) is 11.5. The lowest BCUT2D eigenvalue weighted by Gasteiger charge is -2.12. The molecular formula is C9H13F3N4O3S. The Balaban J connectivity index is 2.59. The van der Waals surface area contributed by atoms with Gasteiger partial charge in [0.05, 0.1) is 24.7 Å². The van der Waals surface area contributed by atoms with Gasteiger partial charge in [-0.3, -0.25) is 9.48 Å². The SMILES string of the molecule is CN(CC(=O)Nc1cnn(CC(F)(F)F)c1)S(C)(=O)=O. The molecule has 0 radical (unpaired) electrons. The van der Waals surface area contributed by atoms with E-state index in [-0.39, 0.29) is 5.69 Å².